The van der Waals surface area contributed by atoms with Gasteiger partial charge >= 0.3 is 24.0 Å². The normalized spacial score (nSPS) is 14.9. The summed E-state index contributed by atoms with van der Waals surface area (Å²) in [4.78, 5) is 34.9. The molecule has 0 aromatic heterocycles. The molecule has 0 spiro atoms. The number of allylic oxidation sites excluding steroid dienone is 2. The molecule has 164 valence electrons. The summed E-state index contributed by atoms with van der Waals surface area (Å²) < 4.78 is 43.8. The fourth-order valence-electron chi connectivity index (χ4n) is 3.58. The molecule has 1 heterocycles. The number of ether oxygens (including phenoxy) is 1. The number of carbonyl (C=O) groups excluding carboxylic acids is 2. The number of fused-ring (bicyclic) bond motifs is 1. The number of aliphatic carboxylic acids is 1. The van der Waals surface area contributed by atoms with Crippen molar-refractivity contribution in [1.29, 1.82) is 0 Å². The van der Waals surface area contributed by atoms with E-state index < -0.39 is 24.0 Å². The van der Waals surface area contributed by atoms with Crippen LogP contribution in [0.3, 0.4) is 0 Å². The highest BCUT2D eigenvalue weighted by Crippen LogP contribution is 2.38. The molecule has 1 unspecified atom stereocenters. The summed E-state index contributed by atoms with van der Waals surface area (Å²) >= 11 is 0. The number of hydrogen-bond acceptors (Lipinski definition) is 4. The van der Waals surface area contributed by atoms with Gasteiger partial charge in [0.25, 0.3) is 0 Å². The molecule has 0 fully saturated rings. The Balaban J connectivity index is 2.61. The van der Waals surface area contributed by atoms with E-state index >= 15 is 0 Å². The lowest BCUT2D eigenvalue weighted by Crippen LogP contribution is -2.31. The highest BCUT2D eigenvalue weighted by molar-refractivity contribution is 6.06. The third-order valence-corrected chi connectivity index (χ3v) is 5.41. The lowest BCUT2D eigenvalue weighted by molar-refractivity contribution is -0.167. The molecule has 0 radical (unpaired) electrons. The van der Waals surface area contributed by atoms with Gasteiger partial charge in [-0.1, -0.05) is 25.5 Å². The van der Waals surface area contributed by atoms with Crippen LogP contribution in [0.15, 0.2) is 11.6 Å². The number of alkyl halides is 3. The Morgan fingerprint density at radius 3 is 2.47 bits per heavy atom. The van der Waals surface area contributed by atoms with Crippen molar-refractivity contribution in [1.82, 2.24) is 0 Å². The molecule has 1 atom stereocenters. The van der Waals surface area contributed by atoms with Gasteiger partial charge in [0, 0.05) is 5.56 Å². The summed E-state index contributed by atoms with van der Waals surface area (Å²) in [5.74, 6) is -4.19. The summed E-state index contributed by atoms with van der Waals surface area (Å²) in [5, 5.41) is 10.8. The van der Waals surface area contributed by atoms with E-state index in [-0.39, 0.29) is 36.6 Å². The number of carbonyl (C=O) groups is 3. The first-order valence-electron chi connectivity index (χ1n) is 9.49. The predicted molar refractivity (Wildman–Crippen MR) is 103 cm³/mol. The first-order valence-corrected chi connectivity index (χ1v) is 9.49. The number of benzene rings is 1. The van der Waals surface area contributed by atoms with Gasteiger partial charge < -0.3 is 15.2 Å². The number of carboxylic acids is 1. The predicted octanol–water partition coefficient (Wildman–Crippen LogP) is 4.33. The minimum atomic E-state index is -5.12. The molecule has 2 N–H and O–H groups in total. The van der Waals surface area contributed by atoms with Crippen molar-refractivity contribution < 1.29 is 37.4 Å². The van der Waals surface area contributed by atoms with E-state index in [1.165, 1.54) is 0 Å². The van der Waals surface area contributed by atoms with Gasteiger partial charge in [-0.05, 0) is 49.3 Å². The Kier molecular flexibility index (Phi) is 6.95. The van der Waals surface area contributed by atoms with E-state index in [1.807, 2.05) is 12.2 Å². The molecule has 0 bridgehead atoms. The number of halogens is 3. The minimum Gasteiger partial charge on any atom is -0.481 e. The molecule has 0 saturated carbocycles. The second-order valence-electron chi connectivity index (χ2n) is 7.34. The van der Waals surface area contributed by atoms with Crippen LogP contribution in [-0.4, -0.2) is 29.1 Å². The maximum absolute atomic E-state index is 12.9. The van der Waals surface area contributed by atoms with Crippen molar-refractivity contribution in [3.05, 3.63) is 39.5 Å². The van der Waals surface area contributed by atoms with Crippen LogP contribution in [-0.2, 0) is 33.8 Å². The molecule has 1 aromatic carbocycles. The maximum Gasteiger partial charge on any atom is 0.471 e. The van der Waals surface area contributed by atoms with Crippen molar-refractivity contribution >= 4 is 23.5 Å². The molecule has 2 rings (SSSR count). The maximum atomic E-state index is 12.9. The number of amides is 1. The van der Waals surface area contributed by atoms with Crippen LogP contribution in [0.1, 0.15) is 59.8 Å². The number of anilines is 1. The summed E-state index contributed by atoms with van der Waals surface area (Å²) in [6.07, 6.45) is -2.89. The first-order chi connectivity index (χ1) is 13.9. The number of nitrogens with one attached hydrogen (secondary N) is 1. The summed E-state index contributed by atoms with van der Waals surface area (Å²) in [7, 11) is 0. The van der Waals surface area contributed by atoms with Crippen LogP contribution in [0.4, 0.5) is 18.9 Å². The SMILES string of the molecule is CCc1c(C)c2c(c(NC(=O)C(F)(F)F)c1C/C=C(\C)C(C)CC(=O)O)C(=O)OC2. The van der Waals surface area contributed by atoms with E-state index in [9.17, 15) is 27.6 Å². The third-order valence-electron chi connectivity index (χ3n) is 5.41. The summed E-state index contributed by atoms with van der Waals surface area (Å²) in [5.41, 5.74) is 2.83. The van der Waals surface area contributed by atoms with Gasteiger partial charge in [-0.3, -0.25) is 9.59 Å². The smallest absolute Gasteiger partial charge is 0.471 e. The Labute approximate surface area is 172 Å². The monoisotopic (exact) mass is 427 g/mol. The zero-order valence-corrected chi connectivity index (χ0v) is 17.2. The van der Waals surface area contributed by atoms with Crippen molar-refractivity contribution in [3.63, 3.8) is 0 Å². The fourth-order valence-corrected chi connectivity index (χ4v) is 3.58. The topological polar surface area (TPSA) is 92.7 Å². The highest BCUT2D eigenvalue weighted by atomic mass is 19.4. The average Bonchev–Trinajstić information content (AvgIpc) is 3.02. The lowest BCUT2D eigenvalue weighted by atomic mass is 9.87. The van der Waals surface area contributed by atoms with Crippen LogP contribution < -0.4 is 5.32 Å². The van der Waals surface area contributed by atoms with Crippen molar-refractivity contribution in [2.75, 3.05) is 5.32 Å². The van der Waals surface area contributed by atoms with E-state index in [4.69, 9.17) is 9.84 Å². The van der Waals surface area contributed by atoms with E-state index in [0.717, 1.165) is 16.7 Å². The molecular weight excluding hydrogens is 403 g/mol. The molecule has 0 saturated heterocycles. The molecule has 9 heteroatoms. The number of hydrogen-bond donors (Lipinski definition) is 2. The number of esters is 1. The van der Waals surface area contributed by atoms with Crippen LogP contribution in [0.5, 0.6) is 0 Å². The summed E-state index contributed by atoms with van der Waals surface area (Å²) in [6.45, 7) is 7.00. The second kappa shape index (κ2) is 8.89. The number of rotatable bonds is 7. The Morgan fingerprint density at radius 2 is 1.93 bits per heavy atom. The Morgan fingerprint density at radius 1 is 1.30 bits per heavy atom. The van der Waals surface area contributed by atoms with Gasteiger partial charge in [-0.25, -0.2) is 4.79 Å². The average molecular weight is 427 g/mol. The second-order valence-corrected chi connectivity index (χ2v) is 7.34. The van der Waals surface area contributed by atoms with Gasteiger partial charge in [-0.15, -0.1) is 0 Å². The molecule has 1 aliphatic rings. The quantitative estimate of drug-likeness (QED) is 0.499. The van der Waals surface area contributed by atoms with Gasteiger partial charge in [0.15, 0.2) is 0 Å². The van der Waals surface area contributed by atoms with Crippen LogP contribution in [0.25, 0.3) is 0 Å². The van der Waals surface area contributed by atoms with Crippen LogP contribution in [0, 0.1) is 12.8 Å². The van der Waals surface area contributed by atoms with E-state index in [0.29, 0.717) is 17.5 Å². The van der Waals surface area contributed by atoms with Gasteiger partial charge in [0.2, 0.25) is 0 Å². The molecule has 30 heavy (non-hydrogen) atoms. The molecule has 0 aliphatic carbocycles. The molecule has 1 aromatic rings. The third kappa shape index (κ3) is 4.83. The van der Waals surface area contributed by atoms with Gasteiger partial charge in [-0.2, -0.15) is 13.2 Å². The van der Waals surface area contributed by atoms with Crippen LogP contribution >= 0.6 is 0 Å². The Bertz CT molecular complexity index is 918. The zero-order chi connectivity index (χ0) is 22.8. The van der Waals surface area contributed by atoms with E-state index in [1.54, 1.807) is 26.8 Å². The fraction of sp³-hybridized carbons (Fsp3) is 0.476. The zero-order valence-electron chi connectivity index (χ0n) is 17.2. The van der Waals surface area contributed by atoms with Crippen LogP contribution in [0.2, 0.25) is 0 Å². The standard InChI is InChI=1S/C21H24F3NO5/c1-5-13-12(4)15-9-30-19(28)17(15)18(25-20(29)21(22,23)24)14(13)7-6-10(2)11(3)8-16(26)27/h6,11H,5,7-9H2,1-4H3,(H,25,29)(H,26,27)/b10-6+. The lowest BCUT2D eigenvalue weighted by Gasteiger charge is -2.21. The minimum absolute atomic E-state index is 0.0538. The Hall–Kier alpha value is -2.84. The first kappa shape index (κ1) is 23.4. The van der Waals surface area contributed by atoms with Gasteiger partial charge in [0.05, 0.1) is 17.7 Å². The number of carboxylic acid groups (broad SMARTS) is 1. The summed E-state index contributed by atoms with van der Waals surface area (Å²) in [6, 6.07) is 0. The van der Waals surface area contributed by atoms with Crippen molar-refractivity contribution in [3.8, 4) is 0 Å². The number of cyclic esters (lactones) is 1. The molecule has 1 aliphatic heterocycles. The molecule has 6 nitrogen and oxygen atoms in total. The van der Waals surface area contributed by atoms with Gasteiger partial charge in [0.1, 0.15) is 6.61 Å². The van der Waals surface area contributed by atoms with E-state index in [2.05, 4.69) is 0 Å². The largest absolute Gasteiger partial charge is 0.481 e. The van der Waals surface area contributed by atoms with Crippen molar-refractivity contribution in [2.24, 2.45) is 5.92 Å². The highest BCUT2D eigenvalue weighted by Gasteiger charge is 2.41. The van der Waals surface area contributed by atoms with Crippen molar-refractivity contribution in [2.45, 2.75) is 59.7 Å². The molecule has 1 amide bonds. The molecular formula is C21H24F3NO5.